The molecule has 0 radical (unpaired) electrons. The largest absolute Gasteiger partial charge is 0.335 e. The third kappa shape index (κ3) is 2.91. The smallest absolute Gasteiger partial charge is 0.226 e. The first-order valence-electron chi connectivity index (χ1n) is 6.83. The fourth-order valence-corrected chi connectivity index (χ4v) is 4.34. The molecular weight excluding hydrogens is 277 g/mol. The zero-order valence-electron chi connectivity index (χ0n) is 11.5. The summed E-state index contributed by atoms with van der Waals surface area (Å²) in [6, 6.07) is 19.1. The van der Waals surface area contributed by atoms with Crippen LogP contribution >= 0.6 is 7.29 Å². The van der Waals surface area contributed by atoms with Crippen molar-refractivity contribution >= 4 is 17.9 Å². The van der Waals surface area contributed by atoms with Gasteiger partial charge in [-0.05, 0) is 29.8 Å². The molecule has 2 aromatic rings. The SMILES string of the molecule is O=P(NC=C1C=CC=C1)(c1ccccc1)c1ccccc1. The Morgan fingerprint density at radius 1 is 0.762 bits per heavy atom. The van der Waals surface area contributed by atoms with Gasteiger partial charge >= 0.3 is 0 Å². The van der Waals surface area contributed by atoms with Crippen LogP contribution in [0, 0.1) is 0 Å². The van der Waals surface area contributed by atoms with Gasteiger partial charge in [0.15, 0.2) is 0 Å². The molecule has 0 aliphatic heterocycles. The molecule has 0 fully saturated rings. The highest BCUT2D eigenvalue weighted by Crippen LogP contribution is 2.38. The molecule has 0 bridgehead atoms. The summed E-state index contributed by atoms with van der Waals surface area (Å²) in [5.41, 5.74) is 1.02. The van der Waals surface area contributed by atoms with Gasteiger partial charge in [-0.15, -0.1) is 0 Å². The molecule has 0 saturated heterocycles. The summed E-state index contributed by atoms with van der Waals surface area (Å²) in [7, 11) is -2.87. The minimum absolute atomic E-state index is 0.805. The molecule has 0 unspecified atom stereocenters. The summed E-state index contributed by atoms with van der Waals surface area (Å²) in [5, 5.41) is 4.77. The molecule has 0 spiro atoms. The van der Waals surface area contributed by atoms with Crippen molar-refractivity contribution < 1.29 is 4.57 Å². The van der Waals surface area contributed by atoms with Crippen molar-refractivity contribution in [3.05, 3.63) is 96.7 Å². The van der Waals surface area contributed by atoms with E-state index in [0.29, 0.717) is 0 Å². The average molecular weight is 293 g/mol. The van der Waals surface area contributed by atoms with Gasteiger partial charge in [0.2, 0.25) is 7.29 Å². The van der Waals surface area contributed by atoms with Crippen LogP contribution in [0.1, 0.15) is 0 Å². The maximum Gasteiger partial charge on any atom is 0.226 e. The van der Waals surface area contributed by atoms with Crippen molar-refractivity contribution in [2.75, 3.05) is 0 Å². The van der Waals surface area contributed by atoms with Gasteiger partial charge < -0.3 is 5.09 Å². The molecule has 1 aliphatic rings. The van der Waals surface area contributed by atoms with Crippen molar-refractivity contribution in [1.82, 2.24) is 5.09 Å². The van der Waals surface area contributed by atoms with E-state index < -0.39 is 7.29 Å². The minimum Gasteiger partial charge on any atom is -0.335 e. The molecule has 3 heteroatoms. The number of rotatable bonds is 4. The maximum atomic E-state index is 13.6. The van der Waals surface area contributed by atoms with Crippen molar-refractivity contribution in [1.29, 1.82) is 0 Å². The highest BCUT2D eigenvalue weighted by atomic mass is 31.2. The summed E-state index contributed by atoms with van der Waals surface area (Å²) in [4.78, 5) is 0. The van der Waals surface area contributed by atoms with Gasteiger partial charge in [0.25, 0.3) is 0 Å². The Morgan fingerprint density at radius 3 is 1.71 bits per heavy atom. The monoisotopic (exact) mass is 293 g/mol. The lowest BCUT2D eigenvalue weighted by Crippen LogP contribution is -2.24. The summed E-state index contributed by atoms with van der Waals surface area (Å²) < 4.78 is 13.6. The maximum absolute atomic E-state index is 13.6. The van der Waals surface area contributed by atoms with E-state index in [2.05, 4.69) is 5.09 Å². The van der Waals surface area contributed by atoms with Crippen LogP contribution < -0.4 is 15.7 Å². The quantitative estimate of drug-likeness (QED) is 0.874. The van der Waals surface area contributed by atoms with Crippen molar-refractivity contribution in [3.8, 4) is 0 Å². The Kier molecular flexibility index (Phi) is 3.89. The molecule has 0 amide bonds. The van der Waals surface area contributed by atoms with Crippen LogP contribution in [0.3, 0.4) is 0 Å². The summed E-state index contributed by atoms with van der Waals surface area (Å²) >= 11 is 0. The predicted octanol–water partition coefficient (Wildman–Crippen LogP) is 3.52. The van der Waals surface area contributed by atoms with Gasteiger partial charge in [0.05, 0.1) is 0 Å². The molecule has 0 atom stereocenters. The third-order valence-corrected chi connectivity index (χ3v) is 5.88. The number of hydrogen-bond acceptors (Lipinski definition) is 1. The number of nitrogens with one attached hydrogen (secondary N) is 1. The lowest BCUT2D eigenvalue weighted by Gasteiger charge is -2.19. The molecule has 104 valence electrons. The molecule has 21 heavy (non-hydrogen) atoms. The second-order valence-corrected chi connectivity index (χ2v) is 7.28. The van der Waals surface area contributed by atoms with E-state index in [1.165, 1.54) is 0 Å². The Balaban J connectivity index is 2.03. The van der Waals surface area contributed by atoms with Gasteiger partial charge in [-0.25, -0.2) is 0 Å². The van der Waals surface area contributed by atoms with Crippen LogP contribution in [0.15, 0.2) is 96.7 Å². The standard InChI is InChI=1S/C18H16NOP/c20-21(17-11-3-1-4-12-17,18-13-5-2-6-14-18)19-15-16-9-7-8-10-16/h1-15H,(H,19,20). The molecule has 2 nitrogen and oxygen atoms in total. The van der Waals surface area contributed by atoms with E-state index in [1.54, 1.807) is 0 Å². The lowest BCUT2D eigenvalue weighted by atomic mass is 10.3. The normalized spacial score (nSPS) is 13.4. The first-order chi connectivity index (χ1) is 10.3. The van der Waals surface area contributed by atoms with Crippen LogP contribution in [0.2, 0.25) is 0 Å². The van der Waals surface area contributed by atoms with Gasteiger partial charge in [-0.1, -0.05) is 60.7 Å². The van der Waals surface area contributed by atoms with E-state index in [1.807, 2.05) is 91.2 Å². The van der Waals surface area contributed by atoms with E-state index >= 15 is 0 Å². The zero-order valence-corrected chi connectivity index (χ0v) is 12.4. The van der Waals surface area contributed by atoms with Crippen LogP contribution in [-0.4, -0.2) is 0 Å². The summed E-state index contributed by atoms with van der Waals surface area (Å²) in [6.45, 7) is 0. The van der Waals surface area contributed by atoms with Crippen LogP contribution in [-0.2, 0) is 4.57 Å². The van der Waals surface area contributed by atoms with E-state index in [9.17, 15) is 4.57 Å². The predicted molar refractivity (Wildman–Crippen MR) is 89.3 cm³/mol. The molecule has 1 N–H and O–H groups in total. The minimum atomic E-state index is -2.87. The van der Waals surface area contributed by atoms with Crippen molar-refractivity contribution in [2.45, 2.75) is 0 Å². The zero-order chi connectivity index (χ0) is 14.5. The number of benzene rings is 2. The second-order valence-electron chi connectivity index (χ2n) is 4.77. The topological polar surface area (TPSA) is 29.1 Å². The Bertz CT molecular complexity index is 688. The van der Waals surface area contributed by atoms with Gasteiger partial charge in [0, 0.05) is 16.8 Å². The lowest BCUT2D eigenvalue weighted by molar-refractivity contribution is 0.583. The first kappa shape index (κ1) is 13.7. The van der Waals surface area contributed by atoms with Gasteiger partial charge in [-0.2, -0.15) is 0 Å². The van der Waals surface area contributed by atoms with Gasteiger partial charge in [0.1, 0.15) is 0 Å². The molecule has 0 heterocycles. The first-order valence-corrected chi connectivity index (χ1v) is 8.54. The summed E-state index contributed by atoms with van der Waals surface area (Å²) in [5.74, 6) is 0. The van der Waals surface area contributed by atoms with Crippen LogP contribution in [0.5, 0.6) is 0 Å². The molecule has 3 rings (SSSR count). The third-order valence-electron chi connectivity index (χ3n) is 3.34. The van der Waals surface area contributed by atoms with Crippen LogP contribution in [0.4, 0.5) is 0 Å². The summed E-state index contributed by atoms with van der Waals surface area (Å²) in [6.07, 6.45) is 9.70. The van der Waals surface area contributed by atoms with Crippen molar-refractivity contribution in [3.63, 3.8) is 0 Å². The number of allylic oxidation sites excluding steroid dienone is 5. The fraction of sp³-hybridized carbons (Fsp3) is 0. The molecule has 0 saturated carbocycles. The fourth-order valence-electron chi connectivity index (χ4n) is 2.22. The Labute approximate surface area is 124 Å². The highest BCUT2D eigenvalue weighted by Gasteiger charge is 2.25. The molecule has 1 aliphatic carbocycles. The Morgan fingerprint density at radius 2 is 1.24 bits per heavy atom. The highest BCUT2D eigenvalue weighted by molar-refractivity contribution is 7.77. The van der Waals surface area contributed by atoms with Gasteiger partial charge in [-0.3, -0.25) is 4.57 Å². The Hall–Kier alpha value is -2.31. The van der Waals surface area contributed by atoms with Crippen LogP contribution in [0.25, 0.3) is 0 Å². The molecule has 2 aromatic carbocycles. The second kappa shape index (κ2) is 5.99. The number of hydrogen-bond donors (Lipinski definition) is 1. The molecule has 0 aromatic heterocycles. The molecular formula is C18H16NOP. The van der Waals surface area contributed by atoms with E-state index in [-0.39, 0.29) is 0 Å². The van der Waals surface area contributed by atoms with E-state index in [0.717, 1.165) is 16.2 Å². The average Bonchev–Trinajstić information content (AvgIpc) is 3.08. The van der Waals surface area contributed by atoms with Crippen molar-refractivity contribution in [2.24, 2.45) is 0 Å². The van der Waals surface area contributed by atoms with E-state index in [4.69, 9.17) is 0 Å².